The number of hydrogen-bond donors (Lipinski definition) is 0. The van der Waals surface area contributed by atoms with Crippen LogP contribution < -0.4 is 9.47 Å². The van der Waals surface area contributed by atoms with Crippen LogP contribution in [0.1, 0.15) is 39.7 Å². The van der Waals surface area contributed by atoms with Crippen molar-refractivity contribution in [2.24, 2.45) is 0 Å². The predicted molar refractivity (Wildman–Crippen MR) is 94.9 cm³/mol. The van der Waals surface area contributed by atoms with Crippen molar-refractivity contribution in [2.45, 2.75) is 45.3 Å². The molecule has 0 spiro atoms. The highest BCUT2D eigenvalue weighted by Gasteiger charge is 2.49. The van der Waals surface area contributed by atoms with Gasteiger partial charge in [0, 0.05) is 6.42 Å². The molecule has 6 heteroatoms. The summed E-state index contributed by atoms with van der Waals surface area (Å²) in [5, 5.41) is 0. The first-order chi connectivity index (χ1) is 10.8. The van der Waals surface area contributed by atoms with Crippen molar-refractivity contribution in [2.75, 3.05) is 13.2 Å². The van der Waals surface area contributed by atoms with Crippen molar-refractivity contribution in [3.05, 3.63) is 28.1 Å². The smallest absolute Gasteiger partial charge is 0.487 e. The van der Waals surface area contributed by atoms with Crippen LogP contribution in [0.3, 0.4) is 0 Å². The van der Waals surface area contributed by atoms with Gasteiger partial charge in [0.2, 0.25) is 0 Å². The monoisotopic (exact) mass is 380 g/mol. The second kappa shape index (κ2) is 6.15. The third kappa shape index (κ3) is 3.44. The van der Waals surface area contributed by atoms with Crippen molar-refractivity contribution in [3.63, 3.8) is 0 Å². The summed E-state index contributed by atoms with van der Waals surface area (Å²) in [7, 11) is -0.352. The minimum atomic E-state index is -0.352. The summed E-state index contributed by atoms with van der Waals surface area (Å²) < 4.78 is 24.3. The van der Waals surface area contributed by atoms with E-state index in [0.29, 0.717) is 13.2 Å². The van der Waals surface area contributed by atoms with E-state index in [4.69, 9.17) is 18.8 Å². The van der Waals surface area contributed by atoms with E-state index in [9.17, 15) is 0 Å². The van der Waals surface area contributed by atoms with Gasteiger partial charge in [-0.25, -0.2) is 0 Å². The van der Waals surface area contributed by atoms with Crippen LogP contribution in [-0.2, 0) is 9.31 Å². The summed E-state index contributed by atoms with van der Waals surface area (Å²) in [6.45, 7) is 9.53. The lowest BCUT2D eigenvalue weighted by Gasteiger charge is -2.32. The van der Waals surface area contributed by atoms with Crippen LogP contribution in [0.4, 0.5) is 0 Å². The average Bonchev–Trinajstić information content (AvgIpc) is 2.63. The zero-order chi connectivity index (χ0) is 16.7. The van der Waals surface area contributed by atoms with Crippen LogP contribution in [0.2, 0.25) is 0 Å². The van der Waals surface area contributed by atoms with E-state index in [1.165, 1.54) is 0 Å². The third-order valence-electron chi connectivity index (χ3n) is 4.54. The summed E-state index contributed by atoms with van der Waals surface area (Å²) in [5.41, 5.74) is 0.358. The second-order valence-electron chi connectivity index (χ2n) is 6.86. The first-order valence-electron chi connectivity index (χ1n) is 7.91. The molecule has 2 aliphatic rings. The van der Waals surface area contributed by atoms with Gasteiger partial charge in [-0.2, -0.15) is 0 Å². The molecule has 2 heterocycles. The van der Waals surface area contributed by atoms with Gasteiger partial charge in [-0.1, -0.05) is 12.1 Å². The molecule has 23 heavy (non-hydrogen) atoms. The lowest BCUT2D eigenvalue weighted by molar-refractivity contribution is 0.00578. The molecule has 0 radical (unpaired) electrons. The molecule has 4 nitrogen and oxygen atoms in total. The van der Waals surface area contributed by atoms with Crippen LogP contribution in [0.5, 0.6) is 11.5 Å². The number of fused-ring (bicyclic) bond motifs is 1. The minimum absolute atomic E-state index is 0.326. The van der Waals surface area contributed by atoms with Gasteiger partial charge >= 0.3 is 7.12 Å². The highest BCUT2D eigenvalue weighted by Crippen LogP contribution is 2.39. The quantitative estimate of drug-likeness (QED) is 0.718. The predicted octanol–water partition coefficient (Wildman–Crippen LogP) is 4.26. The van der Waals surface area contributed by atoms with E-state index < -0.39 is 0 Å². The van der Waals surface area contributed by atoms with E-state index in [2.05, 4.69) is 15.9 Å². The van der Waals surface area contributed by atoms with Crippen molar-refractivity contribution in [1.82, 2.24) is 0 Å². The molecular weight excluding hydrogens is 359 g/mol. The molecule has 1 aromatic rings. The zero-order valence-electron chi connectivity index (χ0n) is 14.0. The maximum Gasteiger partial charge on any atom is 0.487 e. The molecule has 0 N–H and O–H groups in total. The summed E-state index contributed by atoms with van der Waals surface area (Å²) in [6, 6.07) is 3.99. The minimum Gasteiger partial charge on any atom is -0.489 e. The Morgan fingerprint density at radius 3 is 2.39 bits per heavy atom. The molecule has 1 saturated heterocycles. The molecule has 1 aromatic carbocycles. The van der Waals surface area contributed by atoms with Gasteiger partial charge in [0.15, 0.2) is 11.5 Å². The number of halogens is 1. The molecule has 0 saturated carbocycles. The van der Waals surface area contributed by atoms with Gasteiger partial charge < -0.3 is 18.8 Å². The zero-order valence-corrected chi connectivity index (χ0v) is 15.6. The number of ether oxygens (including phenoxy) is 2. The molecule has 124 valence electrons. The van der Waals surface area contributed by atoms with Crippen molar-refractivity contribution in [3.8, 4) is 11.5 Å². The Morgan fingerprint density at radius 2 is 1.70 bits per heavy atom. The molecule has 0 amide bonds. The van der Waals surface area contributed by atoms with Crippen molar-refractivity contribution < 1.29 is 18.8 Å². The second-order valence-corrected chi connectivity index (χ2v) is 7.72. The number of benzene rings is 1. The van der Waals surface area contributed by atoms with E-state index in [1.54, 1.807) is 0 Å². The van der Waals surface area contributed by atoms with Gasteiger partial charge in [-0.05, 0) is 61.3 Å². The normalized spacial score (nSPS) is 22.4. The van der Waals surface area contributed by atoms with Gasteiger partial charge in [0.05, 0.1) is 28.9 Å². The van der Waals surface area contributed by atoms with Crippen LogP contribution in [0, 0.1) is 0 Å². The number of rotatable bonds is 2. The van der Waals surface area contributed by atoms with Gasteiger partial charge in [0.25, 0.3) is 0 Å². The molecule has 1 fully saturated rings. The fourth-order valence-corrected chi connectivity index (χ4v) is 3.08. The van der Waals surface area contributed by atoms with E-state index in [1.807, 2.05) is 51.9 Å². The molecule has 0 bridgehead atoms. The van der Waals surface area contributed by atoms with E-state index >= 15 is 0 Å². The summed E-state index contributed by atoms with van der Waals surface area (Å²) in [4.78, 5) is 0. The summed E-state index contributed by atoms with van der Waals surface area (Å²) >= 11 is 3.56. The highest BCUT2D eigenvalue weighted by atomic mass is 79.9. The van der Waals surface area contributed by atoms with E-state index in [-0.39, 0.29) is 18.3 Å². The largest absolute Gasteiger partial charge is 0.489 e. The topological polar surface area (TPSA) is 36.9 Å². The lowest BCUT2D eigenvalue weighted by atomic mass is 9.89. The Morgan fingerprint density at radius 1 is 1.04 bits per heavy atom. The Balaban J connectivity index is 1.79. The van der Waals surface area contributed by atoms with Crippen molar-refractivity contribution in [1.29, 1.82) is 0 Å². The highest BCUT2D eigenvalue weighted by molar-refractivity contribution is 9.10. The maximum atomic E-state index is 5.97. The SMILES string of the molecule is CC1(C)OB(/C=C/c2cc(Br)c3c(c2)OCCCO3)OC1(C)C. The number of hydrogen-bond acceptors (Lipinski definition) is 4. The molecular formula is C17H22BBrO4. The summed E-state index contributed by atoms with van der Waals surface area (Å²) in [6.07, 6.45) is 2.88. The molecule has 0 unspecified atom stereocenters. The molecule has 2 aliphatic heterocycles. The maximum absolute atomic E-state index is 5.97. The molecule has 0 aliphatic carbocycles. The fourth-order valence-electron chi connectivity index (χ4n) is 2.50. The van der Waals surface area contributed by atoms with Crippen LogP contribution in [-0.4, -0.2) is 31.5 Å². The van der Waals surface area contributed by atoms with Gasteiger partial charge in [-0.3, -0.25) is 0 Å². The first kappa shape index (κ1) is 16.9. The molecule has 0 atom stereocenters. The Labute approximate surface area is 146 Å². The standard InChI is InChI=1S/C17H22BBrO4/c1-16(2)17(3,4)23-18(22-16)7-6-12-10-13(19)15-14(11-12)20-8-5-9-21-15/h6-7,10-11H,5,8-9H2,1-4H3/b7-6+. The first-order valence-corrected chi connectivity index (χ1v) is 8.71. The van der Waals surface area contributed by atoms with Gasteiger partial charge in [0.1, 0.15) is 0 Å². The van der Waals surface area contributed by atoms with E-state index in [0.717, 1.165) is 28.0 Å². The fraction of sp³-hybridized carbons (Fsp3) is 0.529. The third-order valence-corrected chi connectivity index (χ3v) is 5.13. The molecule has 3 rings (SSSR count). The Hall–Kier alpha value is -0.975. The Bertz CT molecular complexity index is 611. The van der Waals surface area contributed by atoms with Crippen LogP contribution in [0.15, 0.2) is 22.6 Å². The molecule has 0 aromatic heterocycles. The Kier molecular flexibility index (Phi) is 4.51. The van der Waals surface area contributed by atoms with Gasteiger partial charge in [-0.15, -0.1) is 0 Å². The summed E-state index contributed by atoms with van der Waals surface area (Å²) in [5.74, 6) is 3.48. The lowest BCUT2D eigenvalue weighted by Crippen LogP contribution is -2.41. The van der Waals surface area contributed by atoms with Crippen LogP contribution >= 0.6 is 15.9 Å². The van der Waals surface area contributed by atoms with Crippen molar-refractivity contribution >= 4 is 29.1 Å². The van der Waals surface area contributed by atoms with Crippen LogP contribution in [0.25, 0.3) is 6.08 Å². The average molecular weight is 381 g/mol.